The number of likely N-dealkylation sites (tertiary alicyclic amines) is 1. The molecule has 0 radical (unpaired) electrons. The second-order valence-electron chi connectivity index (χ2n) is 6.13. The normalized spacial score (nSPS) is 25.9. The highest BCUT2D eigenvalue weighted by molar-refractivity contribution is 5.75. The molecule has 0 bridgehead atoms. The number of carbonyl (C=O) groups is 1. The minimum absolute atomic E-state index is 0.124. The van der Waals surface area contributed by atoms with E-state index < -0.39 is 0 Å². The van der Waals surface area contributed by atoms with E-state index in [2.05, 4.69) is 36.5 Å². The van der Waals surface area contributed by atoms with Crippen LogP contribution in [0.2, 0.25) is 0 Å². The van der Waals surface area contributed by atoms with E-state index in [1.807, 2.05) is 4.90 Å². The number of urea groups is 1. The monoisotopic (exact) mass is 272 g/mol. The maximum absolute atomic E-state index is 12.5. The molecule has 1 N–H and O–H groups in total. The number of aryl methyl sites for hydroxylation is 1. The Bertz CT molecular complexity index is 486. The molecule has 0 spiro atoms. The number of nitrogens with zero attached hydrogens (tertiary/aromatic N) is 1. The molecule has 1 fully saturated rings. The lowest BCUT2D eigenvalue weighted by molar-refractivity contribution is 0.154. The molecule has 1 aliphatic heterocycles. The summed E-state index contributed by atoms with van der Waals surface area (Å²) in [5, 5.41) is 3.26. The topological polar surface area (TPSA) is 32.3 Å². The molecule has 1 heterocycles. The van der Waals surface area contributed by atoms with Gasteiger partial charge in [-0.1, -0.05) is 24.3 Å². The van der Waals surface area contributed by atoms with Crippen LogP contribution < -0.4 is 5.32 Å². The molecule has 3 rings (SSSR count). The van der Waals surface area contributed by atoms with Crippen LogP contribution in [0.15, 0.2) is 24.3 Å². The summed E-state index contributed by atoms with van der Waals surface area (Å²) in [5.74, 6) is 0. The van der Waals surface area contributed by atoms with Gasteiger partial charge in [-0.2, -0.15) is 0 Å². The van der Waals surface area contributed by atoms with Crippen LogP contribution in [0.25, 0.3) is 0 Å². The van der Waals surface area contributed by atoms with Crippen molar-refractivity contribution in [1.29, 1.82) is 0 Å². The van der Waals surface area contributed by atoms with Crippen molar-refractivity contribution in [2.24, 2.45) is 0 Å². The molecule has 2 aliphatic rings. The average Bonchev–Trinajstić information content (AvgIpc) is 2.48. The highest BCUT2D eigenvalue weighted by Crippen LogP contribution is 2.30. The zero-order valence-corrected chi connectivity index (χ0v) is 12.3. The summed E-state index contributed by atoms with van der Waals surface area (Å²) in [7, 11) is 0. The molecule has 1 aliphatic carbocycles. The Morgan fingerprint density at radius 2 is 2.05 bits per heavy atom. The summed E-state index contributed by atoms with van der Waals surface area (Å²) in [6.07, 6.45) is 6.88. The van der Waals surface area contributed by atoms with Gasteiger partial charge in [-0.15, -0.1) is 0 Å². The highest BCUT2D eigenvalue weighted by atomic mass is 16.2. The fourth-order valence-corrected chi connectivity index (χ4v) is 3.54. The van der Waals surface area contributed by atoms with Gasteiger partial charge in [-0.05, 0) is 56.6 Å². The van der Waals surface area contributed by atoms with Crippen molar-refractivity contribution in [3.8, 4) is 0 Å². The van der Waals surface area contributed by atoms with E-state index in [0.717, 1.165) is 38.6 Å². The molecular formula is C17H24N2O. The molecule has 2 unspecified atom stereocenters. The maximum Gasteiger partial charge on any atom is 0.318 e. The van der Waals surface area contributed by atoms with E-state index in [4.69, 9.17) is 0 Å². The zero-order valence-electron chi connectivity index (χ0n) is 12.3. The number of fused-ring (bicyclic) bond motifs is 1. The van der Waals surface area contributed by atoms with E-state index in [1.54, 1.807) is 0 Å². The first-order valence-corrected chi connectivity index (χ1v) is 7.90. The number of benzene rings is 1. The quantitative estimate of drug-likeness (QED) is 0.831. The van der Waals surface area contributed by atoms with Crippen molar-refractivity contribution in [3.05, 3.63) is 35.4 Å². The van der Waals surface area contributed by atoms with Crippen molar-refractivity contribution in [1.82, 2.24) is 10.2 Å². The maximum atomic E-state index is 12.5. The van der Waals surface area contributed by atoms with Gasteiger partial charge in [-0.3, -0.25) is 0 Å². The van der Waals surface area contributed by atoms with E-state index >= 15 is 0 Å². The Kier molecular flexibility index (Phi) is 3.95. The van der Waals surface area contributed by atoms with Crippen LogP contribution in [0.4, 0.5) is 4.79 Å². The summed E-state index contributed by atoms with van der Waals surface area (Å²) >= 11 is 0. The third-order valence-electron chi connectivity index (χ3n) is 4.73. The lowest BCUT2D eigenvalue weighted by atomic mass is 9.88. The largest absolute Gasteiger partial charge is 0.331 e. The van der Waals surface area contributed by atoms with Gasteiger partial charge < -0.3 is 10.2 Å². The highest BCUT2D eigenvalue weighted by Gasteiger charge is 2.27. The van der Waals surface area contributed by atoms with E-state index in [9.17, 15) is 4.79 Å². The molecule has 1 aromatic carbocycles. The Balaban J connectivity index is 1.70. The Morgan fingerprint density at radius 1 is 1.20 bits per heavy atom. The number of nitrogens with one attached hydrogen (secondary N) is 1. The molecular weight excluding hydrogens is 248 g/mol. The smallest absolute Gasteiger partial charge is 0.318 e. The standard InChI is InChI=1S/C17H24N2O/c1-13-7-4-5-12-19(13)17(20)18-16-11-6-9-14-8-2-3-10-15(14)16/h2-3,8,10,13,16H,4-7,9,11-12H2,1H3,(H,18,20). The molecule has 3 heteroatoms. The van der Waals surface area contributed by atoms with Gasteiger partial charge in [0.15, 0.2) is 0 Å². The summed E-state index contributed by atoms with van der Waals surface area (Å²) < 4.78 is 0. The second kappa shape index (κ2) is 5.86. The van der Waals surface area contributed by atoms with Gasteiger partial charge in [0.05, 0.1) is 6.04 Å². The van der Waals surface area contributed by atoms with Crippen molar-refractivity contribution in [2.75, 3.05) is 6.54 Å². The average molecular weight is 272 g/mol. The van der Waals surface area contributed by atoms with Gasteiger partial charge in [0.1, 0.15) is 0 Å². The third-order valence-corrected chi connectivity index (χ3v) is 4.73. The van der Waals surface area contributed by atoms with Crippen LogP contribution in [-0.2, 0) is 6.42 Å². The molecule has 108 valence electrons. The van der Waals surface area contributed by atoms with Crippen molar-refractivity contribution in [3.63, 3.8) is 0 Å². The number of rotatable bonds is 1. The lowest BCUT2D eigenvalue weighted by Crippen LogP contribution is -2.48. The van der Waals surface area contributed by atoms with Gasteiger partial charge in [0.25, 0.3) is 0 Å². The van der Waals surface area contributed by atoms with Crippen molar-refractivity contribution < 1.29 is 4.79 Å². The van der Waals surface area contributed by atoms with Crippen molar-refractivity contribution >= 4 is 6.03 Å². The number of hydrogen-bond donors (Lipinski definition) is 1. The first-order chi connectivity index (χ1) is 9.75. The van der Waals surface area contributed by atoms with Crippen LogP contribution >= 0.6 is 0 Å². The van der Waals surface area contributed by atoms with Gasteiger partial charge in [-0.25, -0.2) is 4.79 Å². The first-order valence-electron chi connectivity index (χ1n) is 7.90. The minimum Gasteiger partial charge on any atom is -0.331 e. The van der Waals surface area contributed by atoms with Gasteiger partial charge in [0.2, 0.25) is 0 Å². The Hall–Kier alpha value is -1.51. The molecule has 20 heavy (non-hydrogen) atoms. The number of hydrogen-bond acceptors (Lipinski definition) is 1. The van der Waals surface area contributed by atoms with Gasteiger partial charge in [0, 0.05) is 12.6 Å². The molecule has 2 amide bonds. The second-order valence-corrected chi connectivity index (χ2v) is 6.13. The van der Waals surface area contributed by atoms with Crippen LogP contribution in [0.1, 0.15) is 56.2 Å². The summed E-state index contributed by atoms with van der Waals surface area (Å²) in [5.41, 5.74) is 2.72. The van der Waals surface area contributed by atoms with Crippen molar-refractivity contribution in [2.45, 2.75) is 57.5 Å². The van der Waals surface area contributed by atoms with Crippen LogP contribution in [0.5, 0.6) is 0 Å². The molecule has 0 aromatic heterocycles. The fourth-order valence-electron chi connectivity index (χ4n) is 3.54. The fraction of sp³-hybridized carbons (Fsp3) is 0.588. The van der Waals surface area contributed by atoms with E-state index in [1.165, 1.54) is 17.5 Å². The zero-order chi connectivity index (χ0) is 13.9. The molecule has 0 saturated carbocycles. The van der Waals surface area contributed by atoms with Crippen LogP contribution in [-0.4, -0.2) is 23.5 Å². The van der Waals surface area contributed by atoms with Crippen LogP contribution in [0.3, 0.4) is 0 Å². The summed E-state index contributed by atoms with van der Waals surface area (Å²) in [6.45, 7) is 3.06. The predicted molar refractivity (Wildman–Crippen MR) is 80.7 cm³/mol. The SMILES string of the molecule is CC1CCCCN1C(=O)NC1CCCc2ccccc21. The predicted octanol–water partition coefficient (Wildman–Crippen LogP) is 3.65. The number of carbonyl (C=O) groups excluding carboxylic acids is 1. The first kappa shape index (κ1) is 13.5. The molecule has 1 saturated heterocycles. The molecule has 2 atom stereocenters. The van der Waals surface area contributed by atoms with E-state index in [0.29, 0.717) is 6.04 Å². The minimum atomic E-state index is 0.124. The Labute approximate surface area is 121 Å². The van der Waals surface area contributed by atoms with Gasteiger partial charge >= 0.3 is 6.03 Å². The molecule has 3 nitrogen and oxygen atoms in total. The third kappa shape index (κ3) is 2.67. The van der Waals surface area contributed by atoms with E-state index in [-0.39, 0.29) is 12.1 Å². The van der Waals surface area contributed by atoms with Crippen LogP contribution in [0, 0.1) is 0 Å². The molecule has 1 aromatic rings. The Morgan fingerprint density at radius 3 is 2.90 bits per heavy atom. The lowest BCUT2D eigenvalue weighted by Gasteiger charge is -2.35. The summed E-state index contributed by atoms with van der Waals surface area (Å²) in [4.78, 5) is 14.5. The summed E-state index contributed by atoms with van der Waals surface area (Å²) in [6, 6.07) is 9.22. The number of piperidine rings is 1. The number of amides is 2.